The summed E-state index contributed by atoms with van der Waals surface area (Å²) in [5.41, 5.74) is 9.50. The van der Waals surface area contributed by atoms with Gasteiger partial charge >= 0.3 is 0 Å². The van der Waals surface area contributed by atoms with E-state index in [9.17, 15) is 0 Å². The third-order valence-corrected chi connectivity index (χ3v) is 3.46. The molecule has 0 unspecified atom stereocenters. The minimum absolute atomic E-state index is 0. The number of halogens is 2. The van der Waals surface area contributed by atoms with Gasteiger partial charge in [0.15, 0.2) is 0 Å². The minimum atomic E-state index is 0. The van der Waals surface area contributed by atoms with Crippen molar-refractivity contribution in [1.29, 1.82) is 0 Å². The number of benzene rings is 2. The Bertz CT molecular complexity index is 625. The van der Waals surface area contributed by atoms with E-state index in [1.54, 1.807) is 0 Å². The summed E-state index contributed by atoms with van der Waals surface area (Å²) in [6.45, 7) is 0.752. The molecule has 4 heteroatoms. The number of hydrogen-bond donors (Lipinski definition) is 1. The van der Waals surface area contributed by atoms with E-state index in [-0.39, 0.29) is 17.0 Å². The van der Waals surface area contributed by atoms with Crippen LogP contribution in [-0.2, 0) is 6.54 Å². The maximum Gasteiger partial charge on any atom is 0.104 e. The Hall–Kier alpha value is -1.45. The number of rotatable bonds is 1. The maximum atomic E-state index is 6.23. The summed E-state index contributed by atoms with van der Waals surface area (Å²) < 4.78 is 0. The predicted octanol–water partition coefficient (Wildman–Crippen LogP) is 4.20. The summed E-state index contributed by atoms with van der Waals surface area (Å²) >= 11 is 6.23. The molecule has 0 radical (unpaired) electrons. The van der Waals surface area contributed by atoms with Crippen molar-refractivity contribution in [2.75, 3.05) is 4.90 Å². The van der Waals surface area contributed by atoms with Gasteiger partial charge in [-0.3, -0.25) is 0 Å². The van der Waals surface area contributed by atoms with Crippen molar-refractivity contribution >= 4 is 40.3 Å². The van der Waals surface area contributed by atoms with Gasteiger partial charge in [-0.15, -0.1) is 17.0 Å². The van der Waals surface area contributed by atoms with Gasteiger partial charge in [-0.1, -0.05) is 48.0 Å². The van der Waals surface area contributed by atoms with Gasteiger partial charge in [-0.25, -0.2) is 0 Å². The van der Waals surface area contributed by atoms with E-state index >= 15 is 0 Å². The SMILES string of the molecule is Br.NC1=Cc2ccccc2CN1c1ccccc1Cl. The lowest BCUT2D eigenvalue weighted by Gasteiger charge is -2.30. The van der Waals surface area contributed by atoms with E-state index in [4.69, 9.17) is 17.3 Å². The molecule has 2 nitrogen and oxygen atoms in total. The number of nitrogens with two attached hydrogens (primary N) is 1. The molecule has 0 bridgehead atoms. The predicted molar refractivity (Wildman–Crippen MR) is 86.6 cm³/mol. The lowest BCUT2D eigenvalue weighted by atomic mass is 10.0. The molecule has 1 aliphatic rings. The maximum absolute atomic E-state index is 6.23. The van der Waals surface area contributed by atoms with Crippen LogP contribution >= 0.6 is 28.6 Å². The summed E-state index contributed by atoms with van der Waals surface area (Å²) in [7, 11) is 0. The zero-order chi connectivity index (χ0) is 12.5. The molecule has 0 saturated carbocycles. The summed E-state index contributed by atoms with van der Waals surface area (Å²) in [4.78, 5) is 2.03. The van der Waals surface area contributed by atoms with Crippen molar-refractivity contribution in [1.82, 2.24) is 0 Å². The number of para-hydroxylation sites is 1. The molecular weight excluding hydrogens is 324 g/mol. The molecule has 98 valence electrons. The zero-order valence-electron chi connectivity index (χ0n) is 10.2. The van der Waals surface area contributed by atoms with Crippen LogP contribution in [0.4, 0.5) is 5.69 Å². The van der Waals surface area contributed by atoms with Crippen molar-refractivity contribution in [3.8, 4) is 0 Å². The highest BCUT2D eigenvalue weighted by molar-refractivity contribution is 8.93. The van der Waals surface area contributed by atoms with Crippen molar-refractivity contribution in [3.63, 3.8) is 0 Å². The zero-order valence-corrected chi connectivity index (χ0v) is 12.7. The average Bonchev–Trinajstić information content (AvgIpc) is 2.39. The summed E-state index contributed by atoms with van der Waals surface area (Å²) in [6, 6.07) is 16.0. The molecule has 0 amide bonds. The Morgan fingerprint density at radius 3 is 2.47 bits per heavy atom. The second-order valence-electron chi connectivity index (χ2n) is 4.31. The van der Waals surface area contributed by atoms with Crippen LogP contribution in [0.1, 0.15) is 11.1 Å². The van der Waals surface area contributed by atoms with Gasteiger partial charge in [0.05, 0.1) is 17.3 Å². The van der Waals surface area contributed by atoms with Gasteiger partial charge in [0, 0.05) is 0 Å². The fraction of sp³-hybridized carbons (Fsp3) is 0.0667. The van der Waals surface area contributed by atoms with Gasteiger partial charge < -0.3 is 10.6 Å². The number of nitrogens with zero attached hydrogens (tertiary/aromatic N) is 1. The van der Waals surface area contributed by atoms with E-state index in [0.29, 0.717) is 5.02 Å². The quantitative estimate of drug-likeness (QED) is 0.845. The monoisotopic (exact) mass is 336 g/mol. The molecule has 0 aromatic heterocycles. The van der Waals surface area contributed by atoms with Gasteiger partial charge in [0.1, 0.15) is 5.82 Å². The fourth-order valence-electron chi connectivity index (χ4n) is 2.21. The first kappa shape index (κ1) is 14.0. The second-order valence-corrected chi connectivity index (χ2v) is 4.71. The van der Waals surface area contributed by atoms with E-state index in [2.05, 4.69) is 12.1 Å². The molecule has 2 aromatic carbocycles. The van der Waals surface area contributed by atoms with Crippen LogP contribution in [0.15, 0.2) is 54.4 Å². The molecule has 0 saturated heterocycles. The first-order chi connectivity index (χ1) is 8.75. The van der Waals surface area contributed by atoms with Crippen LogP contribution in [0.3, 0.4) is 0 Å². The molecule has 2 N–H and O–H groups in total. The van der Waals surface area contributed by atoms with Gasteiger partial charge in [-0.05, 0) is 29.3 Å². The van der Waals surface area contributed by atoms with E-state index in [1.165, 1.54) is 11.1 Å². The van der Waals surface area contributed by atoms with Crippen LogP contribution in [0, 0.1) is 0 Å². The molecule has 1 aliphatic heterocycles. The van der Waals surface area contributed by atoms with Crippen LogP contribution < -0.4 is 10.6 Å². The first-order valence-electron chi connectivity index (χ1n) is 5.83. The highest BCUT2D eigenvalue weighted by Gasteiger charge is 2.18. The Labute approximate surface area is 128 Å². The Morgan fingerprint density at radius 1 is 1.00 bits per heavy atom. The molecule has 2 aromatic rings. The Kier molecular flexibility index (Phi) is 4.17. The first-order valence-corrected chi connectivity index (χ1v) is 6.20. The molecule has 3 rings (SSSR count). The summed E-state index contributed by atoms with van der Waals surface area (Å²) in [5, 5.41) is 0.716. The molecule has 1 heterocycles. The third kappa shape index (κ3) is 2.62. The average molecular weight is 338 g/mol. The highest BCUT2D eigenvalue weighted by atomic mass is 79.9. The van der Waals surface area contributed by atoms with Crippen molar-refractivity contribution in [2.24, 2.45) is 5.73 Å². The van der Waals surface area contributed by atoms with Crippen LogP contribution in [0.25, 0.3) is 6.08 Å². The van der Waals surface area contributed by atoms with Gasteiger partial charge in [0.25, 0.3) is 0 Å². The number of anilines is 1. The van der Waals surface area contributed by atoms with Gasteiger partial charge in [-0.2, -0.15) is 0 Å². The second kappa shape index (κ2) is 5.68. The van der Waals surface area contributed by atoms with Crippen LogP contribution in [-0.4, -0.2) is 0 Å². The van der Waals surface area contributed by atoms with Crippen molar-refractivity contribution in [2.45, 2.75) is 6.54 Å². The Morgan fingerprint density at radius 2 is 1.68 bits per heavy atom. The largest absolute Gasteiger partial charge is 0.385 e. The summed E-state index contributed by atoms with van der Waals surface area (Å²) in [6.07, 6.45) is 1.99. The normalized spacial score (nSPS) is 13.3. The van der Waals surface area contributed by atoms with E-state index < -0.39 is 0 Å². The number of hydrogen-bond acceptors (Lipinski definition) is 2. The van der Waals surface area contributed by atoms with Gasteiger partial charge in [0.2, 0.25) is 0 Å². The van der Waals surface area contributed by atoms with Crippen molar-refractivity contribution < 1.29 is 0 Å². The molecule has 0 fully saturated rings. The molecule has 0 aliphatic carbocycles. The smallest absolute Gasteiger partial charge is 0.104 e. The summed E-state index contributed by atoms with van der Waals surface area (Å²) in [5.74, 6) is 0.724. The number of fused-ring (bicyclic) bond motifs is 1. The minimum Gasteiger partial charge on any atom is -0.385 e. The topological polar surface area (TPSA) is 29.3 Å². The van der Waals surface area contributed by atoms with Crippen molar-refractivity contribution in [3.05, 3.63) is 70.5 Å². The van der Waals surface area contributed by atoms with E-state index in [0.717, 1.165) is 18.1 Å². The lowest BCUT2D eigenvalue weighted by molar-refractivity contribution is 0.888. The molecule has 0 atom stereocenters. The van der Waals surface area contributed by atoms with Crippen LogP contribution in [0.2, 0.25) is 5.02 Å². The molecule has 19 heavy (non-hydrogen) atoms. The standard InChI is InChI=1S/C15H13ClN2.BrH/c16-13-7-3-4-8-14(13)18-10-12-6-2-1-5-11(12)9-15(18)17;/h1-9H,10,17H2;1H. The Balaban J connectivity index is 0.00000133. The molecular formula is C15H14BrClN2. The third-order valence-electron chi connectivity index (χ3n) is 3.14. The lowest BCUT2D eigenvalue weighted by Crippen LogP contribution is -2.30. The van der Waals surface area contributed by atoms with Crippen LogP contribution in [0.5, 0.6) is 0 Å². The molecule has 0 spiro atoms. The highest BCUT2D eigenvalue weighted by Crippen LogP contribution is 2.32. The fourth-order valence-corrected chi connectivity index (χ4v) is 2.45. The van der Waals surface area contributed by atoms with E-state index in [1.807, 2.05) is 47.4 Å².